The number of halogens is 1. The molecule has 2 rings (SSSR count). The van der Waals surface area contributed by atoms with Gasteiger partial charge >= 0.3 is 5.37 Å². The van der Waals surface area contributed by atoms with Crippen LogP contribution in [0.3, 0.4) is 0 Å². The van der Waals surface area contributed by atoms with Crippen molar-refractivity contribution in [3.05, 3.63) is 35.4 Å². The van der Waals surface area contributed by atoms with E-state index < -0.39 is 11.4 Å². The van der Waals surface area contributed by atoms with E-state index in [1.807, 2.05) is 31.2 Å². The molecule has 2 atom stereocenters. The molecule has 17 heavy (non-hydrogen) atoms. The monoisotopic (exact) mass is 249 g/mol. The zero-order chi connectivity index (χ0) is 12.6. The van der Waals surface area contributed by atoms with E-state index in [1.54, 1.807) is 12.1 Å². The van der Waals surface area contributed by atoms with Crippen molar-refractivity contribution in [2.75, 3.05) is 7.05 Å². The first-order valence-corrected chi connectivity index (χ1v) is 5.65. The molecule has 1 aromatic rings. The van der Waals surface area contributed by atoms with E-state index in [1.165, 1.54) is 5.01 Å². The van der Waals surface area contributed by atoms with Gasteiger partial charge in [0.25, 0.3) is 0 Å². The number of carbonyl (C=O) groups excluding carboxylic acids is 1. The highest BCUT2D eigenvalue weighted by Crippen LogP contribution is 2.38. The summed E-state index contributed by atoms with van der Waals surface area (Å²) in [6.45, 7) is 1.97. The summed E-state index contributed by atoms with van der Waals surface area (Å²) in [5.74, 6) is 0. The molecule has 0 bridgehead atoms. The molecule has 0 fully saturated rings. The van der Waals surface area contributed by atoms with Gasteiger partial charge in [0, 0.05) is 7.05 Å². The first-order valence-electron chi connectivity index (χ1n) is 5.27. The first kappa shape index (κ1) is 11.9. The van der Waals surface area contributed by atoms with E-state index in [4.69, 9.17) is 11.6 Å². The Balaban J connectivity index is 2.59. The Hall–Kier alpha value is -1.57. The van der Waals surface area contributed by atoms with E-state index in [9.17, 15) is 10.1 Å². The van der Waals surface area contributed by atoms with Crippen molar-refractivity contribution in [3.8, 4) is 6.07 Å². The van der Waals surface area contributed by atoms with E-state index in [2.05, 4.69) is 6.07 Å². The molecule has 0 aromatic heterocycles. The summed E-state index contributed by atoms with van der Waals surface area (Å²) in [6.07, 6.45) is 0. The van der Waals surface area contributed by atoms with Crippen molar-refractivity contribution in [1.29, 1.82) is 5.26 Å². The van der Waals surface area contributed by atoms with Crippen LogP contribution in [-0.2, 0) is 0 Å². The first-order chi connectivity index (χ1) is 8.07. The quantitative estimate of drug-likeness (QED) is 0.525. The smallest absolute Gasteiger partial charge is 0.254 e. The number of nitrogens with zero attached hydrogens (tertiary/aromatic N) is 3. The number of amides is 1. The Kier molecular flexibility index (Phi) is 3.05. The maximum Gasteiger partial charge on any atom is 0.332 e. The number of benzene rings is 1. The topological polar surface area (TPSA) is 47.3 Å². The van der Waals surface area contributed by atoms with Gasteiger partial charge in [0.1, 0.15) is 0 Å². The van der Waals surface area contributed by atoms with Crippen molar-refractivity contribution in [1.82, 2.24) is 10.0 Å². The summed E-state index contributed by atoms with van der Waals surface area (Å²) in [5, 5.41) is 11.6. The number of nitriles is 1. The molecule has 0 radical (unpaired) electrons. The van der Waals surface area contributed by atoms with E-state index >= 15 is 0 Å². The van der Waals surface area contributed by atoms with Gasteiger partial charge in [-0.05, 0) is 29.7 Å². The van der Waals surface area contributed by atoms with Crippen LogP contribution in [0.4, 0.5) is 4.79 Å². The Morgan fingerprint density at radius 1 is 1.41 bits per heavy atom. The Morgan fingerprint density at radius 3 is 2.53 bits per heavy atom. The second kappa shape index (κ2) is 4.36. The largest absolute Gasteiger partial charge is 0.332 e. The third kappa shape index (κ3) is 1.78. The molecule has 2 unspecified atom stereocenters. The molecule has 1 heterocycles. The summed E-state index contributed by atoms with van der Waals surface area (Å²) in [4.78, 5) is 11.4. The summed E-state index contributed by atoms with van der Waals surface area (Å²) in [6, 6.07) is 9.09. The summed E-state index contributed by atoms with van der Waals surface area (Å²) >= 11 is 5.55. The highest BCUT2D eigenvalue weighted by Gasteiger charge is 2.37. The Bertz CT molecular complexity index is 497. The van der Waals surface area contributed by atoms with Gasteiger partial charge in [-0.1, -0.05) is 24.3 Å². The highest BCUT2D eigenvalue weighted by molar-refractivity contribution is 6.62. The molecular weight excluding hydrogens is 238 g/mol. The molecule has 88 valence electrons. The van der Waals surface area contributed by atoms with Crippen LogP contribution in [0.1, 0.15) is 30.1 Å². The lowest BCUT2D eigenvalue weighted by atomic mass is 9.93. The lowest BCUT2D eigenvalue weighted by molar-refractivity contribution is -0.0164. The minimum Gasteiger partial charge on any atom is -0.254 e. The van der Waals surface area contributed by atoms with Crippen molar-refractivity contribution >= 4 is 17.0 Å². The molecule has 0 N–H and O–H groups in total. The van der Waals surface area contributed by atoms with E-state index in [0.29, 0.717) is 0 Å². The zero-order valence-corrected chi connectivity index (χ0v) is 10.3. The number of fused-ring (bicyclic) bond motifs is 1. The van der Waals surface area contributed by atoms with Gasteiger partial charge in [-0.3, -0.25) is 4.79 Å². The highest BCUT2D eigenvalue weighted by atomic mass is 35.5. The summed E-state index contributed by atoms with van der Waals surface area (Å²) in [5.41, 5.74) is 1.89. The standard InChI is InChI=1S/C12H12ClN3O/c1-8-9-5-3-4-6-10(9)11(7-14)16(12(13)17)15(8)2/h3-6,8,11H,1-2H3. The SMILES string of the molecule is CC1c2ccccc2C(C#N)N(C(=O)Cl)N1C. The van der Waals surface area contributed by atoms with Crippen LogP contribution in [-0.4, -0.2) is 22.4 Å². The Morgan fingerprint density at radius 2 is 2.00 bits per heavy atom. The number of hydrazine groups is 1. The van der Waals surface area contributed by atoms with Gasteiger partial charge in [0.15, 0.2) is 6.04 Å². The van der Waals surface area contributed by atoms with Crippen LogP contribution in [0, 0.1) is 11.3 Å². The number of hydrogen-bond donors (Lipinski definition) is 0. The lowest BCUT2D eigenvalue weighted by Gasteiger charge is -2.43. The predicted octanol–water partition coefficient (Wildman–Crippen LogP) is 2.83. The summed E-state index contributed by atoms with van der Waals surface area (Å²) < 4.78 is 0. The van der Waals surface area contributed by atoms with Crippen LogP contribution in [0.2, 0.25) is 0 Å². The normalized spacial score (nSPS) is 24.0. The van der Waals surface area contributed by atoms with Gasteiger partial charge < -0.3 is 0 Å². The second-order valence-electron chi connectivity index (χ2n) is 4.01. The van der Waals surface area contributed by atoms with Crippen LogP contribution in [0.5, 0.6) is 0 Å². The number of carbonyl (C=O) groups is 1. The third-order valence-corrected chi connectivity index (χ3v) is 3.36. The minimum atomic E-state index is -0.655. The van der Waals surface area contributed by atoms with Crippen molar-refractivity contribution < 1.29 is 4.79 Å². The lowest BCUT2D eigenvalue weighted by Crippen LogP contribution is -2.48. The van der Waals surface area contributed by atoms with Crippen LogP contribution >= 0.6 is 11.6 Å². The second-order valence-corrected chi connectivity index (χ2v) is 4.33. The van der Waals surface area contributed by atoms with Crippen LogP contribution < -0.4 is 0 Å². The fraction of sp³-hybridized carbons (Fsp3) is 0.333. The van der Waals surface area contributed by atoms with Gasteiger partial charge in [0.05, 0.1) is 12.1 Å². The van der Waals surface area contributed by atoms with Gasteiger partial charge in [-0.25, -0.2) is 10.0 Å². The fourth-order valence-electron chi connectivity index (χ4n) is 2.19. The maximum absolute atomic E-state index is 11.4. The average molecular weight is 250 g/mol. The molecule has 0 aliphatic carbocycles. The molecule has 4 nitrogen and oxygen atoms in total. The molecule has 1 aliphatic rings. The average Bonchev–Trinajstić information content (AvgIpc) is 2.33. The molecule has 0 saturated carbocycles. The molecule has 5 heteroatoms. The fourth-order valence-corrected chi connectivity index (χ4v) is 2.41. The van der Waals surface area contributed by atoms with Gasteiger partial charge in [0.2, 0.25) is 0 Å². The molecule has 1 aliphatic heterocycles. The minimum absolute atomic E-state index is 0.0125. The zero-order valence-electron chi connectivity index (χ0n) is 9.59. The number of rotatable bonds is 0. The Labute approximate surface area is 105 Å². The van der Waals surface area contributed by atoms with Gasteiger partial charge in [-0.2, -0.15) is 5.26 Å². The molecular formula is C12H12ClN3O. The maximum atomic E-state index is 11.4. The van der Waals surface area contributed by atoms with Crippen molar-refractivity contribution in [3.63, 3.8) is 0 Å². The molecule has 0 saturated heterocycles. The van der Waals surface area contributed by atoms with Crippen molar-refractivity contribution in [2.45, 2.75) is 19.0 Å². The van der Waals surface area contributed by atoms with Crippen LogP contribution in [0.15, 0.2) is 24.3 Å². The summed E-state index contributed by atoms with van der Waals surface area (Å²) in [7, 11) is 1.76. The van der Waals surface area contributed by atoms with Crippen LogP contribution in [0.25, 0.3) is 0 Å². The molecule has 0 spiro atoms. The van der Waals surface area contributed by atoms with E-state index in [0.717, 1.165) is 11.1 Å². The van der Waals surface area contributed by atoms with E-state index in [-0.39, 0.29) is 6.04 Å². The molecule has 1 aromatic carbocycles. The van der Waals surface area contributed by atoms with Crippen molar-refractivity contribution in [2.24, 2.45) is 0 Å². The van der Waals surface area contributed by atoms with Gasteiger partial charge in [-0.15, -0.1) is 0 Å². The number of hydrogen-bond acceptors (Lipinski definition) is 3. The third-order valence-electron chi connectivity index (χ3n) is 3.19. The molecule has 1 amide bonds. The predicted molar refractivity (Wildman–Crippen MR) is 64.1 cm³/mol.